The van der Waals surface area contributed by atoms with Crippen molar-refractivity contribution >= 4 is 107 Å². The van der Waals surface area contributed by atoms with Gasteiger partial charge in [0.1, 0.15) is 55.4 Å². The molecule has 0 atom stereocenters. The molecule has 3 heterocycles. The summed E-state index contributed by atoms with van der Waals surface area (Å²) in [6.45, 7) is 15.8. The fourth-order valence-corrected chi connectivity index (χ4v) is 8.42. The number of halogens is 8. The van der Waals surface area contributed by atoms with E-state index in [9.17, 15) is 36.3 Å². The number of rotatable bonds is 10. The van der Waals surface area contributed by atoms with Gasteiger partial charge in [0.2, 0.25) is 0 Å². The molecule has 12 nitrogen and oxygen atoms in total. The molecule has 0 spiro atoms. The Balaban J connectivity index is -0.00000106. The summed E-state index contributed by atoms with van der Waals surface area (Å²) in [6.07, 6.45) is 0. The number of ether oxygens (including phenoxy) is 3. The molecule has 0 bridgehead atoms. The Bertz CT molecular complexity index is 3110. The number of carbonyl (C=O) groups is 4. The maximum Gasteiger partial charge on any atom is 1.00 e. The number of alkyl halides is 1. The average Bonchev–Trinajstić information content (AvgIpc) is 3.41. The van der Waals surface area contributed by atoms with Crippen molar-refractivity contribution in [2.75, 3.05) is 7.15 Å². The summed E-state index contributed by atoms with van der Waals surface area (Å²) in [6, 6.07) is 33.9. The van der Waals surface area contributed by atoms with Crippen molar-refractivity contribution in [3.05, 3.63) is 189 Å². The molecule has 26 heteroatoms. The number of benzene rings is 4. The van der Waals surface area contributed by atoms with Crippen LogP contribution >= 0.6 is 82.7 Å². The van der Waals surface area contributed by atoms with Crippen LogP contribution in [0.2, 0.25) is 15.3 Å². The van der Waals surface area contributed by atoms with Crippen LogP contribution in [-0.4, -0.2) is 63.3 Å². The van der Waals surface area contributed by atoms with Crippen LogP contribution < -0.4 is 108 Å². The number of carbonyl (C=O) groups excluding carboxylic acids is 4. The molecule has 3 aromatic heterocycles. The molecule has 438 valence electrons. The minimum absolute atomic E-state index is 0. The summed E-state index contributed by atoms with van der Waals surface area (Å²) in [5.74, 6) is -2.83. The largest absolute Gasteiger partial charge is 1.00 e. The Morgan fingerprint density at radius 3 is 1.16 bits per heavy atom. The number of thiol groups is 1. The molecule has 83 heavy (non-hydrogen) atoms. The van der Waals surface area contributed by atoms with Gasteiger partial charge in [-0.2, -0.15) is 0 Å². The predicted molar refractivity (Wildman–Crippen MR) is 310 cm³/mol. The predicted octanol–water partition coefficient (Wildman–Crippen LogP) is 10.8. The van der Waals surface area contributed by atoms with E-state index in [1.807, 2.05) is 0 Å². The maximum absolute atomic E-state index is 13.2. The van der Waals surface area contributed by atoms with E-state index in [4.69, 9.17) is 60.4 Å². The third kappa shape index (κ3) is 35.1. The summed E-state index contributed by atoms with van der Waals surface area (Å²) in [5, 5.41) is 9.67. The minimum Gasteiger partial charge on any atom is -1.00 e. The fourth-order valence-electron chi connectivity index (χ4n) is 5.23. The van der Waals surface area contributed by atoms with Crippen LogP contribution in [0.3, 0.4) is 0 Å². The minimum atomic E-state index is -1.00. The van der Waals surface area contributed by atoms with Gasteiger partial charge in [0.05, 0.1) is 13.5 Å². The maximum atomic E-state index is 13.2. The van der Waals surface area contributed by atoms with Crippen molar-refractivity contribution in [2.24, 2.45) is 0 Å². The molecule has 0 N–H and O–H groups in total. The first-order chi connectivity index (χ1) is 37.8. The van der Waals surface area contributed by atoms with E-state index in [1.165, 1.54) is 95.9 Å². The molecule has 7 aromatic rings. The smallest absolute Gasteiger partial charge is 1.00 e. The van der Waals surface area contributed by atoms with Crippen molar-refractivity contribution in [3.8, 4) is 0 Å². The quantitative estimate of drug-likeness (QED) is 0.0158. The summed E-state index contributed by atoms with van der Waals surface area (Å²) in [7, 11) is -1.00. The van der Waals surface area contributed by atoms with Crippen LogP contribution in [0.15, 0.2) is 168 Å². The van der Waals surface area contributed by atoms with E-state index in [1.54, 1.807) is 135 Å². The molecule has 0 aliphatic rings. The molecule has 0 fully saturated rings. The first kappa shape index (κ1) is 80.4. The normalized spacial score (nSPS) is 10.4. The Kier molecular flexibility index (Phi) is 40.2. The number of hydrogen-bond acceptors (Lipinski definition) is 16. The zero-order valence-electron chi connectivity index (χ0n) is 48.2. The van der Waals surface area contributed by atoms with Gasteiger partial charge in [-0.05, 0) is 196 Å². The number of nitrogens with zero attached hydrogens (tertiary/aromatic N) is 3. The second kappa shape index (κ2) is 41.5. The average molecular weight is 1340 g/mol. The van der Waals surface area contributed by atoms with Crippen molar-refractivity contribution in [2.45, 2.75) is 121 Å². The molecule has 4 aromatic carbocycles. The van der Waals surface area contributed by atoms with Crippen LogP contribution in [-0.2, 0) is 23.9 Å². The Labute approximate surface area is 602 Å². The number of hydrogen-bond donors (Lipinski definition) is 1. The fraction of sp³-hybridized carbons (Fsp3) is 0.246. The standard InChI is InChI=1S/C22H19F2NO2S2.C16H15ClFNO2S.C10H11Cl2NO2.C6H5FS.CH3F.CH2O3.CH4.2K.H/c1-22(2,3)27-21(26)20-18(28-16-8-4-14(23)5-9-16)12-13-19(25-20)29-17-10-6-15(24)7-11-17;1-16(2,3)21-15(20)14-12(8-9-13(17)19-14)22-11-6-4-10(18)5-7-11;1-10(2,3)15-9(14)8-6(11)4-5-7(12)13-8;7-5-1-3-6(8)4-2-5;1-2;2-1-4-3;;;;/h4-13H,1-3H3;4-9H,1-3H3;4-5H,1-3H3;1-4,8H;1H3;1,3H;1H4;;;/q;;;;;;;2*+1;-1/p-1/i;;;;1D;;;;;. The van der Waals surface area contributed by atoms with Crippen LogP contribution in [0.25, 0.3) is 0 Å². The number of aromatic nitrogens is 3. The summed E-state index contributed by atoms with van der Waals surface area (Å²) < 4.78 is 82.8. The molecule has 0 amide bonds. The Morgan fingerprint density at radius 2 is 0.819 bits per heavy atom. The molecular formula is C57H59Cl3F5K2N3O9S4. The van der Waals surface area contributed by atoms with E-state index in [0.717, 1.165) is 19.6 Å². The van der Waals surface area contributed by atoms with E-state index in [2.05, 4.69) is 32.5 Å². The number of esters is 3. The van der Waals surface area contributed by atoms with Gasteiger partial charge in [-0.1, -0.05) is 77.5 Å². The van der Waals surface area contributed by atoms with Crippen molar-refractivity contribution in [1.82, 2.24) is 15.0 Å². The van der Waals surface area contributed by atoms with E-state index in [0.29, 0.717) is 14.8 Å². The van der Waals surface area contributed by atoms with Gasteiger partial charge in [0.15, 0.2) is 17.1 Å². The van der Waals surface area contributed by atoms with Crippen LogP contribution in [0, 0.1) is 23.3 Å². The zero-order valence-corrected chi connectivity index (χ0v) is 58.1. The topological polar surface area (TPSA) is 167 Å². The van der Waals surface area contributed by atoms with Gasteiger partial charge >= 0.3 is 121 Å². The third-order valence-electron chi connectivity index (χ3n) is 8.23. The first-order valence-electron chi connectivity index (χ1n) is 23.6. The Morgan fingerprint density at radius 1 is 0.530 bits per heavy atom. The van der Waals surface area contributed by atoms with Gasteiger partial charge in [-0.15, -0.1) is 12.6 Å². The van der Waals surface area contributed by atoms with Gasteiger partial charge < -0.3 is 25.8 Å². The van der Waals surface area contributed by atoms with Crippen molar-refractivity contribution < 1.29 is 171 Å². The van der Waals surface area contributed by atoms with Crippen LogP contribution in [0.1, 0.15) is 104 Å². The summed E-state index contributed by atoms with van der Waals surface area (Å²) >= 11 is 25.2. The van der Waals surface area contributed by atoms with Gasteiger partial charge in [0.25, 0.3) is 6.47 Å². The van der Waals surface area contributed by atoms with Crippen molar-refractivity contribution in [3.63, 3.8) is 0 Å². The van der Waals surface area contributed by atoms with Crippen molar-refractivity contribution in [1.29, 1.82) is 0 Å². The summed E-state index contributed by atoms with van der Waals surface area (Å²) in [5.41, 5.74) is -1.50. The molecule has 0 aliphatic heterocycles. The third-order valence-corrected chi connectivity index (χ3v) is 12.3. The molecule has 0 saturated heterocycles. The monoisotopic (exact) mass is 1340 g/mol. The van der Waals surface area contributed by atoms with E-state index in [-0.39, 0.29) is 174 Å². The first-order valence-corrected chi connectivity index (χ1v) is 26.9. The molecule has 0 saturated carbocycles. The molecule has 7 rings (SSSR count). The van der Waals surface area contributed by atoms with Crippen LogP contribution in [0.4, 0.5) is 22.0 Å². The molecule has 0 unspecified atom stereocenters. The zero-order chi connectivity index (χ0) is 61.1. The second-order valence-corrected chi connectivity index (χ2v) is 23.3. The SMILES string of the molecule is C.CC(C)(C)OC(=O)c1nc(Cl)ccc1Cl.CC(C)(C)OC(=O)c1nc(Cl)ccc1Sc1ccc(F)cc1.CC(C)(C)OC(=O)c1nc(Sc2ccc(F)cc2)ccc1Sc1ccc(F)cc1.Fc1ccc(S)cc1.O=CO[O-].[2H]CF.[H-].[K+].[K+]. The molecule has 0 aliphatic carbocycles. The second-order valence-electron chi connectivity index (χ2n) is 18.3. The van der Waals surface area contributed by atoms with E-state index >= 15 is 0 Å². The Hall–Kier alpha value is -2.64. The molecule has 0 radical (unpaired) electrons. The van der Waals surface area contributed by atoms with Gasteiger partial charge in [-0.3, -0.25) is 9.18 Å². The molecular weight excluding hydrogens is 1280 g/mol. The number of pyridine rings is 3. The van der Waals surface area contributed by atoms with E-state index < -0.39 is 41.9 Å². The summed E-state index contributed by atoms with van der Waals surface area (Å²) in [4.78, 5) is 64.6. The van der Waals surface area contributed by atoms with Gasteiger partial charge in [0, 0.05) is 29.4 Å². The van der Waals surface area contributed by atoms with Gasteiger partial charge in [-0.25, -0.2) is 46.9 Å². The van der Waals surface area contributed by atoms with Crippen LogP contribution in [0.5, 0.6) is 0 Å².